The lowest BCUT2D eigenvalue weighted by Gasteiger charge is -2.42. The van der Waals surface area contributed by atoms with Crippen molar-refractivity contribution in [3.05, 3.63) is 59.4 Å². The van der Waals surface area contributed by atoms with Gasteiger partial charge in [0.05, 0.1) is 13.7 Å². The maximum absolute atomic E-state index is 13.2. The lowest BCUT2D eigenvalue weighted by molar-refractivity contribution is 0.0285. The van der Waals surface area contributed by atoms with Gasteiger partial charge in [0.2, 0.25) is 0 Å². The van der Waals surface area contributed by atoms with E-state index in [1.54, 1.807) is 31.4 Å². The summed E-state index contributed by atoms with van der Waals surface area (Å²) in [5.41, 5.74) is 1.61. The third kappa shape index (κ3) is 4.34. The Bertz CT molecular complexity index is 735. The van der Waals surface area contributed by atoms with E-state index in [9.17, 15) is 14.6 Å². The van der Waals surface area contributed by atoms with Crippen LogP contribution >= 0.6 is 0 Å². The average Bonchev–Trinajstić information content (AvgIpc) is 2.66. The van der Waals surface area contributed by atoms with E-state index in [0.29, 0.717) is 13.0 Å². The van der Waals surface area contributed by atoms with Crippen LogP contribution in [0.1, 0.15) is 24.0 Å². The zero-order valence-corrected chi connectivity index (χ0v) is 15.1. The van der Waals surface area contributed by atoms with Crippen LogP contribution in [0.25, 0.3) is 0 Å². The van der Waals surface area contributed by atoms with Gasteiger partial charge in [0.15, 0.2) is 0 Å². The summed E-state index contributed by atoms with van der Waals surface area (Å²) in [6.45, 7) is 2.35. The smallest absolute Gasteiger partial charge is 0.123 e. The van der Waals surface area contributed by atoms with Crippen molar-refractivity contribution in [3.8, 4) is 11.5 Å². The van der Waals surface area contributed by atoms with Gasteiger partial charge in [0.1, 0.15) is 17.3 Å². The number of methoxy groups -OCH3 is 1. The van der Waals surface area contributed by atoms with Crippen LogP contribution in [0, 0.1) is 11.2 Å². The Kier molecular flexibility index (Phi) is 5.79. The predicted molar refractivity (Wildman–Crippen MR) is 98.8 cm³/mol. The van der Waals surface area contributed by atoms with Crippen LogP contribution < -0.4 is 4.74 Å². The molecule has 2 aromatic rings. The maximum atomic E-state index is 13.2. The first-order chi connectivity index (χ1) is 12.5. The quantitative estimate of drug-likeness (QED) is 0.830. The van der Waals surface area contributed by atoms with Crippen molar-refractivity contribution in [2.75, 3.05) is 26.8 Å². The summed E-state index contributed by atoms with van der Waals surface area (Å²) < 4.78 is 18.4. The molecule has 1 aliphatic heterocycles. The van der Waals surface area contributed by atoms with Crippen molar-refractivity contribution in [2.45, 2.75) is 25.8 Å². The molecule has 140 valence electrons. The van der Waals surface area contributed by atoms with Crippen LogP contribution in [0.3, 0.4) is 0 Å². The number of piperidine rings is 1. The number of aliphatic hydroxyl groups is 1. The van der Waals surface area contributed by atoms with Gasteiger partial charge in [0, 0.05) is 24.1 Å². The van der Waals surface area contributed by atoms with Gasteiger partial charge in [-0.1, -0.05) is 12.1 Å². The standard InChI is InChI=1S/C21H26FNO3/c1-26-19-7-8-20(25)17(11-19)13-23-10-2-9-21(14-23,15-24)12-16-3-5-18(22)6-4-16/h3-8,11,24-25H,2,9-10,12-15H2,1H3/t21-/m0/s1. The largest absolute Gasteiger partial charge is 0.508 e. The zero-order chi connectivity index (χ0) is 18.6. The molecule has 2 aromatic carbocycles. The first-order valence-electron chi connectivity index (χ1n) is 8.97. The monoisotopic (exact) mass is 359 g/mol. The Morgan fingerprint density at radius 3 is 2.65 bits per heavy atom. The highest BCUT2D eigenvalue weighted by Gasteiger charge is 2.35. The van der Waals surface area contributed by atoms with Crippen molar-refractivity contribution < 1.29 is 19.3 Å². The van der Waals surface area contributed by atoms with E-state index in [1.807, 2.05) is 6.07 Å². The lowest BCUT2D eigenvalue weighted by atomic mass is 9.75. The van der Waals surface area contributed by atoms with Gasteiger partial charge in [-0.05, 0) is 61.7 Å². The van der Waals surface area contributed by atoms with Gasteiger partial charge in [-0.2, -0.15) is 0 Å². The van der Waals surface area contributed by atoms with Gasteiger partial charge < -0.3 is 14.9 Å². The van der Waals surface area contributed by atoms with Gasteiger partial charge in [0.25, 0.3) is 0 Å². The first-order valence-corrected chi connectivity index (χ1v) is 8.97. The fourth-order valence-electron chi connectivity index (χ4n) is 3.87. The molecule has 1 saturated heterocycles. The summed E-state index contributed by atoms with van der Waals surface area (Å²) >= 11 is 0. The maximum Gasteiger partial charge on any atom is 0.123 e. The minimum absolute atomic E-state index is 0.0883. The molecule has 2 N–H and O–H groups in total. The fourth-order valence-corrected chi connectivity index (χ4v) is 3.87. The van der Waals surface area contributed by atoms with Gasteiger partial charge in [-0.15, -0.1) is 0 Å². The molecule has 1 heterocycles. The molecule has 26 heavy (non-hydrogen) atoms. The highest BCUT2D eigenvalue weighted by Crippen LogP contribution is 2.35. The van der Waals surface area contributed by atoms with Crippen LogP contribution in [0.2, 0.25) is 0 Å². The number of rotatable bonds is 6. The van der Waals surface area contributed by atoms with Crippen LogP contribution in [-0.4, -0.2) is 41.9 Å². The van der Waals surface area contributed by atoms with Crippen LogP contribution in [0.15, 0.2) is 42.5 Å². The summed E-state index contributed by atoms with van der Waals surface area (Å²) in [7, 11) is 1.61. The molecule has 3 rings (SSSR count). The molecule has 0 unspecified atom stereocenters. The molecule has 0 spiro atoms. The molecule has 0 saturated carbocycles. The van der Waals surface area contributed by atoms with Crippen LogP contribution in [-0.2, 0) is 13.0 Å². The van der Waals surface area contributed by atoms with E-state index in [-0.39, 0.29) is 23.6 Å². The normalized spacial score (nSPS) is 20.9. The van der Waals surface area contributed by atoms with Gasteiger partial charge in [-0.3, -0.25) is 4.90 Å². The molecular weight excluding hydrogens is 333 g/mol. The van der Waals surface area contributed by atoms with Crippen molar-refractivity contribution in [3.63, 3.8) is 0 Å². The number of hydrogen-bond acceptors (Lipinski definition) is 4. The molecule has 0 radical (unpaired) electrons. The van der Waals surface area contributed by atoms with Crippen molar-refractivity contribution in [1.82, 2.24) is 4.90 Å². The summed E-state index contributed by atoms with van der Waals surface area (Å²) in [5.74, 6) is 0.726. The Morgan fingerprint density at radius 2 is 1.96 bits per heavy atom. The highest BCUT2D eigenvalue weighted by atomic mass is 19.1. The predicted octanol–water partition coefficient (Wildman–Crippen LogP) is 3.36. The Balaban J connectivity index is 1.73. The molecule has 1 atom stereocenters. The van der Waals surface area contributed by atoms with Crippen molar-refractivity contribution in [2.24, 2.45) is 5.41 Å². The Labute approximate surface area is 153 Å². The number of aliphatic hydroxyl groups excluding tert-OH is 1. The first kappa shape index (κ1) is 18.7. The minimum atomic E-state index is -0.245. The highest BCUT2D eigenvalue weighted by molar-refractivity contribution is 5.39. The number of phenols is 1. The van der Waals surface area contributed by atoms with E-state index in [0.717, 1.165) is 42.8 Å². The average molecular weight is 359 g/mol. The van der Waals surface area contributed by atoms with Gasteiger partial charge in [-0.25, -0.2) is 4.39 Å². The second-order valence-corrected chi connectivity index (χ2v) is 7.27. The van der Waals surface area contributed by atoms with Crippen molar-refractivity contribution in [1.29, 1.82) is 0 Å². The number of nitrogens with zero attached hydrogens (tertiary/aromatic N) is 1. The summed E-state index contributed by atoms with van der Waals surface area (Å²) in [6.07, 6.45) is 2.62. The molecule has 1 fully saturated rings. The number of hydrogen-bond donors (Lipinski definition) is 2. The Hall–Kier alpha value is -2.11. The van der Waals surface area contributed by atoms with E-state index in [1.165, 1.54) is 12.1 Å². The second kappa shape index (κ2) is 8.06. The fraction of sp³-hybridized carbons (Fsp3) is 0.429. The number of likely N-dealkylation sites (tertiary alicyclic amines) is 1. The molecule has 5 heteroatoms. The number of aromatic hydroxyl groups is 1. The molecule has 0 bridgehead atoms. The SMILES string of the molecule is COc1ccc(O)c(CN2CCC[C@](CO)(Cc3ccc(F)cc3)C2)c1. The zero-order valence-electron chi connectivity index (χ0n) is 15.1. The molecule has 0 aliphatic carbocycles. The van der Waals surface area contributed by atoms with E-state index >= 15 is 0 Å². The van der Waals surface area contributed by atoms with E-state index < -0.39 is 0 Å². The summed E-state index contributed by atoms with van der Waals surface area (Å²) in [5, 5.41) is 20.3. The lowest BCUT2D eigenvalue weighted by Crippen LogP contribution is -2.46. The van der Waals surface area contributed by atoms with Crippen molar-refractivity contribution >= 4 is 0 Å². The minimum Gasteiger partial charge on any atom is -0.508 e. The second-order valence-electron chi connectivity index (χ2n) is 7.27. The molecule has 0 amide bonds. The molecular formula is C21H26FNO3. The van der Waals surface area contributed by atoms with Crippen LogP contribution in [0.4, 0.5) is 4.39 Å². The molecule has 4 nitrogen and oxygen atoms in total. The van der Waals surface area contributed by atoms with Crippen LogP contribution in [0.5, 0.6) is 11.5 Å². The number of ether oxygens (including phenoxy) is 1. The molecule has 0 aromatic heterocycles. The summed E-state index contributed by atoms with van der Waals surface area (Å²) in [4.78, 5) is 2.26. The third-order valence-corrected chi connectivity index (χ3v) is 5.25. The van der Waals surface area contributed by atoms with Gasteiger partial charge >= 0.3 is 0 Å². The van der Waals surface area contributed by atoms with E-state index in [2.05, 4.69) is 4.90 Å². The number of benzene rings is 2. The number of halogens is 1. The summed E-state index contributed by atoms with van der Waals surface area (Å²) in [6, 6.07) is 11.8. The topological polar surface area (TPSA) is 52.9 Å². The third-order valence-electron chi connectivity index (χ3n) is 5.25. The molecule has 1 aliphatic rings. The Morgan fingerprint density at radius 1 is 1.19 bits per heavy atom. The number of phenolic OH excluding ortho intramolecular Hbond substituents is 1. The van der Waals surface area contributed by atoms with E-state index in [4.69, 9.17) is 4.74 Å².